The van der Waals surface area contributed by atoms with Gasteiger partial charge in [-0.25, -0.2) is 4.39 Å². The minimum atomic E-state index is -0.213. The number of rotatable bonds is 4. The molecule has 2 aromatic carbocycles. The van der Waals surface area contributed by atoms with E-state index in [2.05, 4.69) is 6.58 Å². The lowest BCUT2D eigenvalue weighted by Gasteiger charge is -2.15. The minimum Gasteiger partial charge on any atom is -0.206 e. The Balaban J connectivity index is 2.77. The molecule has 0 aliphatic carbocycles. The molecule has 24 heavy (non-hydrogen) atoms. The Bertz CT molecular complexity index is 749. The molecular formula is C23H25F. The lowest BCUT2D eigenvalue weighted by Crippen LogP contribution is -1.97. The topological polar surface area (TPSA) is 0 Å². The van der Waals surface area contributed by atoms with Gasteiger partial charge in [0.25, 0.3) is 0 Å². The van der Waals surface area contributed by atoms with Crippen molar-refractivity contribution in [2.45, 2.75) is 34.6 Å². The van der Waals surface area contributed by atoms with Crippen molar-refractivity contribution in [1.29, 1.82) is 0 Å². The molecule has 0 aliphatic rings. The van der Waals surface area contributed by atoms with Crippen molar-refractivity contribution < 1.29 is 4.39 Å². The zero-order chi connectivity index (χ0) is 17.9. The van der Waals surface area contributed by atoms with Gasteiger partial charge in [-0.3, -0.25) is 0 Å². The summed E-state index contributed by atoms with van der Waals surface area (Å²) >= 11 is 0. The van der Waals surface area contributed by atoms with Gasteiger partial charge in [0.1, 0.15) is 5.83 Å². The van der Waals surface area contributed by atoms with Crippen LogP contribution in [-0.2, 0) is 0 Å². The third kappa shape index (κ3) is 3.91. The highest BCUT2D eigenvalue weighted by atomic mass is 19.1. The first kappa shape index (κ1) is 17.9. The number of hydrogen-bond acceptors (Lipinski definition) is 0. The maximum absolute atomic E-state index is 15.6. The number of allylic oxidation sites excluding steroid dienone is 4. The summed E-state index contributed by atoms with van der Waals surface area (Å²) in [7, 11) is 0. The quantitative estimate of drug-likeness (QED) is 0.535. The van der Waals surface area contributed by atoms with Gasteiger partial charge in [-0.15, -0.1) is 0 Å². The highest BCUT2D eigenvalue weighted by Gasteiger charge is 2.17. The first-order valence-corrected chi connectivity index (χ1v) is 8.19. The summed E-state index contributed by atoms with van der Waals surface area (Å²) in [6, 6.07) is 16.0. The average Bonchev–Trinajstić information content (AvgIpc) is 2.50. The van der Waals surface area contributed by atoms with Gasteiger partial charge in [-0.1, -0.05) is 71.8 Å². The Morgan fingerprint density at radius 3 is 1.42 bits per heavy atom. The largest absolute Gasteiger partial charge is 0.206 e. The smallest absolute Gasteiger partial charge is 0.139 e. The summed E-state index contributed by atoms with van der Waals surface area (Å²) in [5.41, 5.74) is 6.96. The van der Waals surface area contributed by atoms with Gasteiger partial charge in [0.05, 0.1) is 0 Å². The number of halogens is 1. The molecule has 0 bridgehead atoms. The molecule has 1 heteroatoms. The van der Waals surface area contributed by atoms with Crippen LogP contribution in [0.5, 0.6) is 0 Å². The lowest BCUT2D eigenvalue weighted by atomic mass is 9.91. The Morgan fingerprint density at radius 1 is 0.750 bits per heavy atom. The predicted octanol–water partition coefficient (Wildman–Crippen LogP) is 6.94. The molecule has 0 heterocycles. The Labute approximate surface area is 145 Å². The van der Waals surface area contributed by atoms with Gasteiger partial charge < -0.3 is 0 Å². The maximum Gasteiger partial charge on any atom is 0.139 e. The van der Waals surface area contributed by atoms with E-state index in [0.717, 1.165) is 33.4 Å². The zero-order valence-corrected chi connectivity index (χ0v) is 15.2. The van der Waals surface area contributed by atoms with Crippen LogP contribution in [0.1, 0.15) is 43.0 Å². The second-order valence-electron chi connectivity index (χ2n) is 6.58. The van der Waals surface area contributed by atoms with E-state index < -0.39 is 0 Å². The van der Waals surface area contributed by atoms with E-state index in [9.17, 15) is 0 Å². The lowest BCUT2D eigenvalue weighted by molar-refractivity contribution is 0.655. The van der Waals surface area contributed by atoms with E-state index in [1.54, 1.807) is 0 Å². The van der Waals surface area contributed by atoms with Crippen LogP contribution in [0.3, 0.4) is 0 Å². The average molecular weight is 320 g/mol. The summed E-state index contributed by atoms with van der Waals surface area (Å²) in [5, 5.41) is 0. The van der Waals surface area contributed by atoms with Crippen molar-refractivity contribution in [3.05, 3.63) is 99.9 Å². The van der Waals surface area contributed by atoms with Crippen LogP contribution in [-0.4, -0.2) is 0 Å². The second kappa shape index (κ2) is 7.44. The highest BCUT2D eigenvalue weighted by Crippen LogP contribution is 2.35. The van der Waals surface area contributed by atoms with Gasteiger partial charge in [0.15, 0.2) is 0 Å². The van der Waals surface area contributed by atoms with Crippen molar-refractivity contribution in [3.63, 3.8) is 0 Å². The third-order valence-electron chi connectivity index (χ3n) is 4.05. The molecule has 0 unspecified atom stereocenters. The summed E-state index contributed by atoms with van der Waals surface area (Å²) in [6.45, 7) is 13.7. The number of hydrogen-bond donors (Lipinski definition) is 0. The van der Waals surface area contributed by atoms with E-state index in [4.69, 9.17) is 0 Å². The molecule has 0 spiro atoms. The molecule has 0 radical (unpaired) electrons. The van der Waals surface area contributed by atoms with Crippen molar-refractivity contribution in [2.75, 3.05) is 0 Å². The normalized spacial score (nSPS) is 10.2. The molecule has 0 saturated heterocycles. The fourth-order valence-electron chi connectivity index (χ4n) is 2.82. The van der Waals surface area contributed by atoms with Crippen molar-refractivity contribution in [3.8, 4) is 0 Å². The molecule has 0 atom stereocenters. The molecule has 0 N–H and O–H groups in total. The van der Waals surface area contributed by atoms with E-state index in [1.807, 2.05) is 83.1 Å². The van der Waals surface area contributed by atoms with Gasteiger partial charge in [0, 0.05) is 11.1 Å². The number of benzene rings is 2. The van der Waals surface area contributed by atoms with Gasteiger partial charge in [0.2, 0.25) is 0 Å². The molecule has 0 aliphatic heterocycles. The van der Waals surface area contributed by atoms with E-state index in [-0.39, 0.29) is 5.83 Å². The predicted molar refractivity (Wildman–Crippen MR) is 103 cm³/mol. The van der Waals surface area contributed by atoms with Gasteiger partial charge in [-0.2, -0.15) is 0 Å². The maximum atomic E-state index is 15.6. The molecular weight excluding hydrogens is 295 g/mol. The van der Waals surface area contributed by atoms with Crippen molar-refractivity contribution >= 4 is 5.57 Å². The standard InChI is InChI=1S/C23H25F/c1-15(2)21(16(3)4)23(24)22(19-11-7-17(5)8-12-19)20-13-9-18(6)10-14-20/h7-14H,1H2,2-6H3. The van der Waals surface area contributed by atoms with Crippen LogP contribution in [0.25, 0.3) is 5.57 Å². The zero-order valence-electron chi connectivity index (χ0n) is 15.2. The van der Waals surface area contributed by atoms with Crippen LogP contribution in [0.4, 0.5) is 4.39 Å². The fraction of sp³-hybridized carbons (Fsp3) is 0.217. The molecule has 0 nitrogen and oxygen atoms in total. The highest BCUT2D eigenvalue weighted by molar-refractivity contribution is 5.84. The van der Waals surface area contributed by atoms with Crippen LogP contribution < -0.4 is 0 Å². The Kier molecular flexibility index (Phi) is 5.56. The van der Waals surface area contributed by atoms with Gasteiger partial charge in [-0.05, 0) is 51.3 Å². The monoisotopic (exact) mass is 320 g/mol. The molecule has 2 rings (SSSR count). The summed E-state index contributed by atoms with van der Waals surface area (Å²) in [5.74, 6) is -0.213. The molecule has 0 saturated carbocycles. The molecule has 0 amide bonds. The second-order valence-corrected chi connectivity index (χ2v) is 6.58. The first-order valence-electron chi connectivity index (χ1n) is 8.19. The fourth-order valence-corrected chi connectivity index (χ4v) is 2.82. The molecule has 0 fully saturated rings. The first-order chi connectivity index (χ1) is 11.3. The Hall–Kier alpha value is -2.41. The summed E-state index contributed by atoms with van der Waals surface area (Å²) < 4.78 is 15.6. The van der Waals surface area contributed by atoms with Crippen LogP contribution in [0, 0.1) is 13.8 Å². The van der Waals surface area contributed by atoms with Crippen LogP contribution in [0.2, 0.25) is 0 Å². The van der Waals surface area contributed by atoms with Crippen LogP contribution >= 0.6 is 0 Å². The Morgan fingerprint density at radius 2 is 1.12 bits per heavy atom. The molecule has 0 aromatic heterocycles. The van der Waals surface area contributed by atoms with E-state index in [0.29, 0.717) is 11.1 Å². The number of aryl methyl sites for hydroxylation is 2. The van der Waals surface area contributed by atoms with Crippen molar-refractivity contribution in [1.82, 2.24) is 0 Å². The van der Waals surface area contributed by atoms with Crippen molar-refractivity contribution in [2.24, 2.45) is 0 Å². The molecule has 2 aromatic rings. The van der Waals surface area contributed by atoms with E-state index >= 15 is 4.39 Å². The third-order valence-corrected chi connectivity index (χ3v) is 4.05. The SMILES string of the molecule is C=C(C)C(=C(C)C)C(F)=C(c1ccc(C)cc1)c1ccc(C)cc1. The van der Waals surface area contributed by atoms with E-state index in [1.165, 1.54) is 0 Å². The minimum absolute atomic E-state index is 0.213. The van der Waals surface area contributed by atoms with Gasteiger partial charge >= 0.3 is 0 Å². The van der Waals surface area contributed by atoms with Crippen LogP contribution in [0.15, 0.2) is 77.7 Å². The summed E-state index contributed by atoms with van der Waals surface area (Å²) in [6.07, 6.45) is 0. The summed E-state index contributed by atoms with van der Waals surface area (Å²) in [4.78, 5) is 0. The molecule has 124 valence electrons.